The predicted molar refractivity (Wildman–Crippen MR) is 88.0 cm³/mol. The number of aryl methyl sites for hydroxylation is 1. The lowest BCUT2D eigenvalue weighted by atomic mass is 10.1. The molecule has 0 aliphatic carbocycles. The summed E-state index contributed by atoms with van der Waals surface area (Å²) in [6, 6.07) is 6.00. The molecule has 1 aliphatic rings. The number of fused-ring (bicyclic) bond motifs is 1. The van der Waals surface area contributed by atoms with Gasteiger partial charge in [0.15, 0.2) is 0 Å². The van der Waals surface area contributed by atoms with Crippen LogP contribution in [-0.4, -0.2) is 46.8 Å². The van der Waals surface area contributed by atoms with Crippen LogP contribution in [0, 0.1) is 0 Å². The van der Waals surface area contributed by atoms with Gasteiger partial charge >= 0.3 is 0 Å². The van der Waals surface area contributed by atoms with E-state index in [1.54, 1.807) is 6.20 Å². The number of likely N-dealkylation sites (tertiary alicyclic amines) is 1. The highest BCUT2D eigenvalue weighted by molar-refractivity contribution is 6.31. The zero-order valence-corrected chi connectivity index (χ0v) is 13.5. The number of halogens is 1. The quantitative estimate of drug-likeness (QED) is 0.940. The summed E-state index contributed by atoms with van der Waals surface area (Å²) in [6.07, 6.45) is 4.30. The second-order valence-electron chi connectivity index (χ2n) is 5.97. The molecule has 118 valence electrons. The molecule has 22 heavy (non-hydrogen) atoms. The van der Waals surface area contributed by atoms with Gasteiger partial charge < -0.3 is 10.2 Å². The number of amides is 1. The van der Waals surface area contributed by atoms with Gasteiger partial charge in [0.2, 0.25) is 5.91 Å². The monoisotopic (exact) mass is 320 g/mol. The fourth-order valence-electron chi connectivity index (χ4n) is 2.90. The first kappa shape index (κ1) is 15.3. The Labute approximate surface area is 135 Å². The van der Waals surface area contributed by atoms with Crippen molar-refractivity contribution in [2.75, 3.05) is 20.1 Å². The fourth-order valence-corrected chi connectivity index (χ4v) is 3.08. The van der Waals surface area contributed by atoms with Crippen LogP contribution in [0.5, 0.6) is 0 Å². The highest BCUT2D eigenvalue weighted by Crippen LogP contribution is 2.19. The third kappa shape index (κ3) is 3.59. The van der Waals surface area contributed by atoms with Crippen molar-refractivity contribution in [3.63, 3.8) is 0 Å². The number of carbonyl (C=O) groups excluding carboxylic acids is 1. The van der Waals surface area contributed by atoms with Crippen molar-refractivity contribution in [3.05, 3.63) is 29.4 Å². The maximum atomic E-state index is 12.1. The summed E-state index contributed by atoms with van der Waals surface area (Å²) in [4.78, 5) is 14.4. The molecule has 2 heterocycles. The highest BCUT2D eigenvalue weighted by Gasteiger charge is 2.18. The summed E-state index contributed by atoms with van der Waals surface area (Å²) < 4.78 is 1.86. The standard InChI is InChI=1S/C16H21ClN4O/c1-20-7-4-14(5-8-20)19-16(22)6-9-21-15-3-2-13(17)10-12(15)11-18-21/h2-3,10-11,14H,4-9H2,1H3,(H,19,22). The van der Waals surface area contributed by atoms with Crippen LogP contribution in [0.1, 0.15) is 19.3 Å². The molecule has 0 saturated carbocycles. The molecule has 1 fully saturated rings. The van der Waals surface area contributed by atoms with Crippen LogP contribution in [0.25, 0.3) is 10.9 Å². The summed E-state index contributed by atoms with van der Waals surface area (Å²) in [7, 11) is 2.12. The van der Waals surface area contributed by atoms with Crippen molar-refractivity contribution in [1.82, 2.24) is 20.0 Å². The largest absolute Gasteiger partial charge is 0.353 e. The number of benzene rings is 1. The minimum atomic E-state index is 0.104. The van der Waals surface area contributed by atoms with Gasteiger partial charge in [-0.2, -0.15) is 5.10 Å². The molecule has 2 aromatic rings. The molecule has 1 amide bonds. The number of hydrogen-bond donors (Lipinski definition) is 1. The Hall–Kier alpha value is -1.59. The lowest BCUT2D eigenvalue weighted by Gasteiger charge is -2.29. The van der Waals surface area contributed by atoms with Crippen molar-refractivity contribution in [3.8, 4) is 0 Å². The van der Waals surface area contributed by atoms with Crippen molar-refractivity contribution in [2.45, 2.75) is 31.8 Å². The third-order valence-electron chi connectivity index (χ3n) is 4.24. The van der Waals surface area contributed by atoms with Crippen LogP contribution in [0.15, 0.2) is 24.4 Å². The third-order valence-corrected chi connectivity index (χ3v) is 4.47. The lowest BCUT2D eigenvalue weighted by Crippen LogP contribution is -2.43. The fraction of sp³-hybridized carbons (Fsp3) is 0.500. The smallest absolute Gasteiger partial charge is 0.222 e. The van der Waals surface area contributed by atoms with Gasteiger partial charge in [-0.3, -0.25) is 9.48 Å². The number of hydrogen-bond acceptors (Lipinski definition) is 3. The normalized spacial score (nSPS) is 17.0. The Morgan fingerprint density at radius 3 is 2.95 bits per heavy atom. The van der Waals surface area contributed by atoms with Gasteiger partial charge in [-0.25, -0.2) is 0 Å². The molecule has 1 saturated heterocycles. The first-order valence-corrected chi connectivity index (χ1v) is 8.08. The number of carbonyl (C=O) groups is 1. The second-order valence-corrected chi connectivity index (χ2v) is 6.40. The molecule has 0 radical (unpaired) electrons. The van der Waals surface area contributed by atoms with Crippen LogP contribution >= 0.6 is 11.6 Å². The zero-order valence-electron chi connectivity index (χ0n) is 12.8. The molecule has 0 bridgehead atoms. The van der Waals surface area contributed by atoms with Crippen molar-refractivity contribution < 1.29 is 4.79 Å². The molecule has 5 nitrogen and oxygen atoms in total. The Morgan fingerprint density at radius 1 is 1.41 bits per heavy atom. The van der Waals surface area contributed by atoms with E-state index in [1.807, 2.05) is 22.9 Å². The van der Waals surface area contributed by atoms with Gasteiger partial charge in [-0.05, 0) is 51.2 Å². The number of nitrogens with zero attached hydrogens (tertiary/aromatic N) is 3. The van der Waals surface area contributed by atoms with Gasteiger partial charge in [0.1, 0.15) is 0 Å². The minimum absolute atomic E-state index is 0.104. The molecule has 1 aromatic carbocycles. The van der Waals surface area contributed by atoms with Crippen LogP contribution < -0.4 is 5.32 Å². The molecular formula is C16H21ClN4O. The van der Waals surface area contributed by atoms with Crippen LogP contribution in [0.2, 0.25) is 5.02 Å². The molecule has 1 N–H and O–H groups in total. The first-order chi connectivity index (χ1) is 10.6. The van der Waals surface area contributed by atoms with E-state index in [-0.39, 0.29) is 5.91 Å². The van der Waals surface area contributed by atoms with Crippen LogP contribution in [-0.2, 0) is 11.3 Å². The van der Waals surface area contributed by atoms with Gasteiger partial charge in [0, 0.05) is 22.9 Å². The molecule has 3 rings (SSSR count). The van der Waals surface area contributed by atoms with Crippen molar-refractivity contribution >= 4 is 28.4 Å². The number of rotatable bonds is 4. The average molecular weight is 321 g/mol. The minimum Gasteiger partial charge on any atom is -0.353 e. The van der Waals surface area contributed by atoms with E-state index in [0.29, 0.717) is 24.0 Å². The van der Waals surface area contributed by atoms with Crippen molar-refractivity contribution in [2.24, 2.45) is 0 Å². The van der Waals surface area contributed by atoms with Crippen LogP contribution in [0.3, 0.4) is 0 Å². The number of nitrogens with one attached hydrogen (secondary N) is 1. The van der Waals surface area contributed by atoms with E-state index < -0.39 is 0 Å². The second kappa shape index (κ2) is 6.67. The van der Waals surface area contributed by atoms with Crippen molar-refractivity contribution in [1.29, 1.82) is 0 Å². The summed E-state index contributed by atoms with van der Waals surface area (Å²) in [5.74, 6) is 0.104. The summed E-state index contributed by atoms with van der Waals surface area (Å²) in [6.45, 7) is 2.69. The van der Waals surface area contributed by atoms with E-state index in [4.69, 9.17) is 11.6 Å². The first-order valence-electron chi connectivity index (χ1n) is 7.71. The number of aromatic nitrogens is 2. The Bertz CT molecular complexity index is 661. The zero-order chi connectivity index (χ0) is 15.5. The number of piperidine rings is 1. The Balaban J connectivity index is 1.54. The van der Waals surface area contributed by atoms with E-state index in [1.165, 1.54) is 0 Å². The molecule has 1 aromatic heterocycles. The van der Waals surface area contributed by atoms with Gasteiger partial charge in [-0.15, -0.1) is 0 Å². The molecule has 1 aliphatic heterocycles. The average Bonchev–Trinajstić information content (AvgIpc) is 2.89. The molecule has 6 heteroatoms. The van der Waals surface area contributed by atoms with E-state index in [2.05, 4.69) is 22.4 Å². The molecule has 0 spiro atoms. The van der Waals surface area contributed by atoms with E-state index in [9.17, 15) is 4.79 Å². The molecule has 0 atom stereocenters. The Morgan fingerprint density at radius 2 is 2.18 bits per heavy atom. The van der Waals surface area contributed by atoms with Gasteiger partial charge in [0.25, 0.3) is 0 Å². The SMILES string of the molecule is CN1CCC(NC(=O)CCn2ncc3cc(Cl)ccc32)CC1. The van der Waals surface area contributed by atoms with E-state index >= 15 is 0 Å². The summed E-state index contributed by atoms with van der Waals surface area (Å²) >= 11 is 5.97. The predicted octanol–water partition coefficient (Wildman–Crippen LogP) is 2.29. The highest BCUT2D eigenvalue weighted by atomic mass is 35.5. The lowest BCUT2D eigenvalue weighted by molar-refractivity contribution is -0.122. The van der Waals surface area contributed by atoms with Crippen LogP contribution in [0.4, 0.5) is 0 Å². The van der Waals surface area contributed by atoms with E-state index in [0.717, 1.165) is 36.8 Å². The Kier molecular flexibility index (Phi) is 4.64. The maximum Gasteiger partial charge on any atom is 0.222 e. The van der Waals surface area contributed by atoms with Gasteiger partial charge in [-0.1, -0.05) is 11.6 Å². The summed E-state index contributed by atoms with van der Waals surface area (Å²) in [5.41, 5.74) is 1.01. The molecular weight excluding hydrogens is 300 g/mol. The van der Waals surface area contributed by atoms with Gasteiger partial charge in [0.05, 0.1) is 18.3 Å². The summed E-state index contributed by atoms with van der Waals surface area (Å²) in [5, 5.41) is 9.17. The maximum absolute atomic E-state index is 12.1. The topological polar surface area (TPSA) is 50.2 Å². The molecule has 0 unspecified atom stereocenters.